The second kappa shape index (κ2) is 11.0. The molecule has 0 bridgehead atoms. The first-order chi connectivity index (χ1) is 16.0. The number of hydrogen-bond donors (Lipinski definition) is 1. The van der Waals surface area contributed by atoms with Crippen LogP contribution in [0.2, 0.25) is 0 Å². The summed E-state index contributed by atoms with van der Waals surface area (Å²) >= 11 is 1.08. The zero-order valence-electron chi connectivity index (χ0n) is 20.8. The molecular formula is C24H36N4O5S. The number of amides is 2. The van der Waals surface area contributed by atoms with Crippen LogP contribution in [-0.2, 0) is 14.4 Å². The van der Waals surface area contributed by atoms with Crippen molar-refractivity contribution in [1.29, 1.82) is 0 Å². The van der Waals surface area contributed by atoms with Gasteiger partial charge >= 0.3 is 0 Å². The maximum absolute atomic E-state index is 13.1. The smallest absolute Gasteiger partial charge is 0.286 e. The van der Waals surface area contributed by atoms with Crippen molar-refractivity contribution in [3.05, 3.63) is 5.89 Å². The van der Waals surface area contributed by atoms with E-state index in [4.69, 9.17) is 4.42 Å². The van der Waals surface area contributed by atoms with Crippen molar-refractivity contribution in [1.82, 2.24) is 20.4 Å². The number of nitrogens with zero attached hydrogens (tertiary/aromatic N) is 3. The summed E-state index contributed by atoms with van der Waals surface area (Å²) < 4.78 is 5.57. The topological polar surface area (TPSA) is 122 Å². The Balaban J connectivity index is 1.64. The van der Waals surface area contributed by atoms with Gasteiger partial charge in [0.2, 0.25) is 17.6 Å². The maximum Gasteiger partial charge on any atom is 0.286 e. The van der Waals surface area contributed by atoms with E-state index in [0.29, 0.717) is 6.42 Å². The Labute approximate surface area is 205 Å². The maximum atomic E-state index is 13.1. The van der Waals surface area contributed by atoms with Gasteiger partial charge in [-0.05, 0) is 39.0 Å². The first-order valence-corrected chi connectivity index (χ1v) is 13.1. The summed E-state index contributed by atoms with van der Waals surface area (Å²) in [4.78, 5) is 52.5. The highest BCUT2D eigenvalue weighted by atomic mass is 32.2. The van der Waals surface area contributed by atoms with Crippen LogP contribution in [0.5, 0.6) is 0 Å². The van der Waals surface area contributed by atoms with E-state index in [0.717, 1.165) is 50.3 Å². The molecule has 9 nitrogen and oxygen atoms in total. The van der Waals surface area contributed by atoms with E-state index >= 15 is 0 Å². The number of ketones is 2. The number of likely N-dealkylation sites (tertiary alicyclic amines) is 1. The van der Waals surface area contributed by atoms with E-state index in [1.54, 1.807) is 20.9 Å². The molecule has 3 rings (SSSR count). The number of thioether (sulfide) groups is 1. The second-order valence-electron chi connectivity index (χ2n) is 10.3. The molecule has 2 unspecified atom stereocenters. The molecule has 1 N–H and O–H groups in total. The Morgan fingerprint density at radius 1 is 1.15 bits per heavy atom. The van der Waals surface area contributed by atoms with E-state index < -0.39 is 23.3 Å². The van der Waals surface area contributed by atoms with Crippen molar-refractivity contribution < 1.29 is 23.6 Å². The molecule has 2 amide bonds. The van der Waals surface area contributed by atoms with Gasteiger partial charge in [-0.15, -0.1) is 10.2 Å². The van der Waals surface area contributed by atoms with Gasteiger partial charge in [0.05, 0.1) is 11.6 Å². The lowest BCUT2D eigenvalue weighted by Crippen LogP contribution is -2.44. The highest BCUT2D eigenvalue weighted by Gasteiger charge is 2.50. The van der Waals surface area contributed by atoms with Crippen LogP contribution in [0.1, 0.15) is 83.3 Å². The monoisotopic (exact) mass is 492 g/mol. The van der Waals surface area contributed by atoms with Gasteiger partial charge in [0.15, 0.2) is 5.78 Å². The molecular weight excluding hydrogens is 456 g/mol. The molecule has 1 aromatic heterocycles. The number of carbonyl (C=O) groups is 4. The fourth-order valence-electron chi connectivity index (χ4n) is 4.57. The lowest BCUT2D eigenvalue weighted by atomic mass is 9.96. The van der Waals surface area contributed by atoms with Crippen LogP contribution in [0.3, 0.4) is 0 Å². The quantitative estimate of drug-likeness (QED) is 0.241. The van der Waals surface area contributed by atoms with Crippen LogP contribution >= 0.6 is 11.8 Å². The third-order valence-corrected chi connectivity index (χ3v) is 7.86. The molecule has 1 saturated carbocycles. The Morgan fingerprint density at radius 2 is 1.79 bits per heavy atom. The summed E-state index contributed by atoms with van der Waals surface area (Å²) in [6.45, 7) is 7.42. The van der Waals surface area contributed by atoms with Crippen molar-refractivity contribution in [2.24, 2.45) is 17.8 Å². The Hall–Kier alpha value is -2.23. The molecule has 1 aliphatic carbocycles. The number of aromatic nitrogens is 2. The molecule has 1 saturated heterocycles. The molecule has 2 fully saturated rings. The summed E-state index contributed by atoms with van der Waals surface area (Å²) in [6, 6.07) is -0.735. The molecule has 1 aromatic rings. The third-order valence-electron chi connectivity index (χ3n) is 6.94. The Morgan fingerprint density at radius 3 is 2.35 bits per heavy atom. The standard InChI is InChI=1S/C24H36N4O5S/c1-14(2)12-17(25-20(31)15-10-8-6-7-9-11-15)18(29)21-26-27-23(33-21)34-13-16-19(30)24(3,4)28(5)22(16)32/h14-17H,6-13H2,1-5H3,(H,25,31). The summed E-state index contributed by atoms with van der Waals surface area (Å²) in [7, 11) is 1.62. The average Bonchev–Trinajstić information content (AvgIpc) is 3.15. The summed E-state index contributed by atoms with van der Waals surface area (Å²) in [6.07, 6.45) is 6.52. The SMILES string of the molecule is CC(C)CC(NC(=O)C1CCCCCC1)C(=O)c1nnc(SCC2C(=O)N(C)C(C)(C)C2=O)o1. The van der Waals surface area contributed by atoms with E-state index in [1.807, 2.05) is 13.8 Å². The van der Waals surface area contributed by atoms with Crippen molar-refractivity contribution in [2.45, 2.75) is 89.4 Å². The number of likely N-dealkylation sites (N-methyl/N-ethyl adjacent to an activating group) is 1. The van der Waals surface area contributed by atoms with Crippen molar-refractivity contribution in [3.8, 4) is 0 Å². The molecule has 1 aliphatic heterocycles. The molecule has 2 aliphatic rings. The lowest BCUT2D eigenvalue weighted by Gasteiger charge is -2.25. The summed E-state index contributed by atoms with van der Waals surface area (Å²) in [5.74, 6) is -1.57. The summed E-state index contributed by atoms with van der Waals surface area (Å²) in [5.41, 5.74) is -0.849. The van der Waals surface area contributed by atoms with Crippen molar-refractivity contribution in [2.75, 3.05) is 12.8 Å². The minimum atomic E-state index is -0.849. The van der Waals surface area contributed by atoms with Crippen LogP contribution < -0.4 is 5.32 Å². The predicted octanol–water partition coefficient (Wildman–Crippen LogP) is 3.28. The number of carbonyl (C=O) groups excluding carboxylic acids is 4. The van der Waals surface area contributed by atoms with Gasteiger partial charge in [0.25, 0.3) is 11.1 Å². The van der Waals surface area contributed by atoms with Gasteiger partial charge in [-0.1, -0.05) is 51.3 Å². The van der Waals surface area contributed by atoms with Gasteiger partial charge in [-0.3, -0.25) is 19.2 Å². The van der Waals surface area contributed by atoms with Crippen molar-refractivity contribution in [3.63, 3.8) is 0 Å². The van der Waals surface area contributed by atoms with E-state index in [9.17, 15) is 19.2 Å². The lowest BCUT2D eigenvalue weighted by molar-refractivity contribution is -0.131. The number of rotatable bonds is 9. The molecule has 2 heterocycles. The Bertz CT molecular complexity index is 920. The first-order valence-electron chi connectivity index (χ1n) is 12.1. The van der Waals surface area contributed by atoms with Crippen molar-refractivity contribution >= 4 is 35.1 Å². The second-order valence-corrected chi connectivity index (χ2v) is 11.3. The van der Waals surface area contributed by atoms with Gasteiger partial charge in [0.1, 0.15) is 5.92 Å². The molecule has 34 heavy (non-hydrogen) atoms. The van der Waals surface area contributed by atoms with Crippen LogP contribution in [0.4, 0.5) is 0 Å². The third kappa shape index (κ3) is 5.87. The number of nitrogens with one attached hydrogen (secondary N) is 1. The minimum absolute atomic E-state index is 0.0670. The van der Waals surface area contributed by atoms with Crippen LogP contribution in [0, 0.1) is 17.8 Å². The van der Waals surface area contributed by atoms with Gasteiger partial charge in [-0.25, -0.2) is 0 Å². The minimum Gasteiger partial charge on any atom is -0.408 e. The highest BCUT2D eigenvalue weighted by molar-refractivity contribution is 7.99. The van der Waals surface area contributed by atoms with Crippen LogP contribution in [0.25, 0.3) is 0 Å². The molecule has 188 valence electrons. The average molecular weight is 493 g/mol. The molecule has 0 aromatic carbocycles. The molecule has 10 heteroatoms. The van der Waals surface area contributed by atoms with E-state index in [2.05, 4.69) is 15.5 Å². The van der Waals surface area contributed by atoms with Gasteiger partial charge in [0, 0.05) is 18.7 Å². The zero-order valence-corrected chi connectivity index (χ0v) is 21.6. The number of Topliss-reactive ketones (excluding diaryl/α,β-unsaturated/α-hetero) is 2. The molecule has 2 atom stereocenters. The summed E-state index contributed by atoms with van der Waals surface area (Å²) in [5, 5.41) is 10.9. The van der Waals surface area contributed by atoms with Crippen LogP contribution in [0.15, 0.2) is 9.64 Å². The normalized spacial score (nSPS) is 22.2. The molecule has 0 radical (unpaired) electrons. The highest BCUT2D eigenvalue weighted by Crippen LogP contribution is 2.32. The zero-order chi connectivity index (χ0) is 25.0. The largest absolute Gasteiger partial charge is 0.408 e. The van der Waals surface area contributed by atoms with Gasteiger partial charge < -0.3 is 14.6 Å². The Kier molecular flexibility index (Phi) is 8.54. The van der Waals surface area contributed by atoms with E-state index in [1.165, 1.54) is 4.90 Å². The molecule has 0 spiro atoms. The number of hydrogen-bond acceptors (Lipinski definition) is 8. The fraction of sp³-hybridized carbons (Fsp3) is 0.750. The fourth-order valence-corrected chi connectivity index (χ4v) is 5.41. The van der Waals surface area contributed by atoms with E-state index in [-0.39, 0.29) is 46.3 Å². The predicted molar refractivity (Wildman–Crippen MR) is 127 cm³/mol. The van der Waals surface area contributed by atoms with Crippen LogP contribution in [-0.4, -0.2) is 62.9 Å². The van der Waals surface area contributed by atoms with Gasteiger partial charge in [-0.2, -0.15) is 0 Å². The first kappa shape index (κ1) is 26.4.